The van der Waals surface area contributed by atoms with Gasteiger partial charge >= 0.3 is 0 Å². The number of carbonyl (C=O) groups is 2. The van der Waals surface area contributed by atoms with Crippen molar-refractivity contribution in [2.75, 3.05) is 18.4 Å². The lowest BCUT2D eigenvalue weighted by Crippen LogP contribution is -2.28. The van der Waals surface area contributed by atoms with Crippen LogP contribution in [0.25, 0.3) is 6.08 Å². The molecule has 2 amide bonds. The quantitative estimate of drug-likeness (QED) is 0.800. The molecule has 3 atom stereocenters. The number of aromatic nitrogens is 1. The van der Waals surface area contributed by atoms with E-state index in [1.165, 1.54) is 0 Å². The minimum Gasteiger partial charge on any atom is -0.393 e. The summed E-state index contributed by atoms with van der Waals surface area (Å²) in [4.78, 5) is 29.8. The smallest absolute Gasteiger partial charge is 0.246 e. The molecule has 1 aliphatic carbocycles. The molecule has 6 nitrogen and oxygen atoms in total. The monoisotopic (exact) mass is 327 g/mol. The summed E-state index contributed by atoms with van der Waals surface area (Å²) in [6.45, 7) is 1.50. The number of rotatable bonds is 2. The summed E-state index contributed by atoms with van der Waals surface area (Å²) in [5.41, 5.74) is 1.88. The van der Waals surface area contributed by atoms with Gasteiger partial charge in [-0.25, -0.2) is 4.98 Å². The van der Waals surface area contributed by atoms with Crippen LogP contribution in [0.5, 0.6) is 0 Å². The molecule has 1 aromatic heterocycles. The van der Waals surface area contributed by atoms with Gasteiger partial charge in [0.25, 0.3) is 0 Å². The Bertz CT molecular complexity index is 701. The number of carbonyl (C=O) groups excluding carboxylic acids is 2. The first-order valence-corrected chi connectivity index (χ1v) is 8.52. The van der Waals surface area contributed by atoms with Crippen molar-refractivity contribution in [2.24, 2.45) is 11.8 Å². The lowest BCUT2D eigenvalue weighted by atomic mass is 10.0. The van der Waals surface area contributed by atoms with Gasteiger partial charge in [-0.3, -0.25) is 9.59 Å². The average Bonchev–Trinajstić information content (AvgIpc) is 3.10. The predicted molar refractivity (Wildman–Crippen MR) is 89.0 cm³/mol. The molecule has 3 aliphatic rings. The highest BCUT2D eigenvalue weighted by atomic mass is 16.3. The van der Waals surface area contributed by atoms with E-state index in [1.807, 2.05) is 11.0 Å². The van der Waals surface area contributed by atoms with Gasteiger partial charge in [-0.1, -0.05) is 0 Å². The van der Waals surface area contributed by atoms with Crippen LogP contribution in [0.1, 0.15) is 30.4 Å². The molecule has 0 spiro atoms. The van der Waals surface area contributed by atoms with Crippen LogP contribution in [-0.2, 0) is 16.0 Å². The number of hydrogen-bond acceptors (Lipinski definition) is 4. The second kappa shape index (κ2) is 6.02. The Morgan fingerprint density at radius 1 is 1.29 bits per heavy atom. The second-order valence-corrected chi connectivity index (χ2v) is 7.05. The largest absolute Gasteiger partial charge is 0.393 e. The third-order valence-electron chi connectivity index (χ3n) is 5.32. The minimum atomic E-state index is -0.185. The summed E-state index contributed by atoms with van der Waals surface area (Å²) in [5, 5.41) is 12.4. The zero-order chi connectivity index (χ0) is 16.7. The number of aliphatic hydroxyl groups excluding tert-OH is 1. The fraction of sp³-hybridized carbons (Fsp3) is 0.500. The van der Waals surface area contributed by atoms with Gasteiger partial charge in [0.1, 0.15) is 5.82 Å². The van der Waals surface area contributed by atoms with E-state index in [9.17, 15) is 14.7 Å². The van der Waals surface area contributed by atoms with E-state index in [-0.39, 0.29) is 17.9 Å². The molecule has 1 unspecified atom stereocenters. The number of fused-ring (bicyclic) bond motifs is 2. The molecule has 126 valence electrons. The van der Waals surface area contributed by atoms with E-state index in [0.29, 0.717) is 30.5 Å². The molecule has 0 bridgehead atoms. The minimum absolute atomic E-state index is 0.00169. The highest BCUT2D eigenvalue weighted by Crippen LogP contribution is 2.38. The fourth-order valence-corrected chi connectivity index (χ4v) is 4.09. The molecule has 0 aromatic carbocycles. The van der Waals surface area contributed by atoms with Crippen LogP contribution in [0.2, 0.25) is 0 Å². The number of aliphatic hydroxyl groups is 1. The number of likely N-dealkylation sites (tertiary alicyclic amines) is 1. The van der Waals surface area contributed by atoms with Gasteiger partial charge in [0, 0.05) is 31.8 Å². The van der Waals surface area contributed by atoms with Crippen molar-refractivity contribution in [3.63, 3.8) is 0 Å². The molecule has 1 saturated carbocycles. The number of nitrogens with one attached hydrogen (secondary N) is 1. The van der Waals surface area contributed by atoms with E-state index in [1.54, 1.807) is 18.3 Å². The van der Waals surface area contributed by atoms with Crippen LogP contribution < -0.4 is 5.32 Å². The predicted octanol–water partition coefficient (Wildman–Crippen LogP) is 1.21. The van der Waals surface area contributed by atoms with Gasteiger partial charge in [0.2, 0.25) is 11.8 Å². The molecule has 2 fully saturated rings. The Labute approximate surface area is 140 Å². The van der Waals surface area contributed by atoms with Crippen molar-refractivity contribution in [2.45, 2.75) is 31.8 Å². The van der Waals surface area contributed by atoms with Crippen molar-refractivity contribution in [1.29, 1.82) is 0 Å². The Morgan fingerprint density at radius 2 is 2.04 bits per heavy atom. The summed E-state index contributed by atoms with van der Waals surface area (Å²) in [6.07, 6.45) is 7.66. The van der Waals surface area contributed by atoms with Gasteiger partial charge in [0.05, 0.1) is 6.10 Å². The average molecular weight is 327 g/mol. The first kappa shape index (κ1) is 15.3. The molecular formula is C18H21N3O3. The lowest BCUT2D eigenvalue weighted by Gasteiger charge is -2.16. The third kappa shape index (κ3) is 2.94. The van der Waals surface area contributed by atoms with Gasteiger partial charge in [0.15, 0.2) is 0 Å². The maximum absolute atomic E-state index is 12.4. The molecule has 24 heavy (non-hydrogen) atoms. The van der Waals surface area contributed by atoms with E-state index in [2.05, 4.69) is 10.3 Å². The molecular weight excluding hydrogens is 306 g/mol. The molecule has 0 radical (unpaired) electrons. The van der Waals surface area contributed by atoms with Gasteiger partial charge < -0.3 is 15.3 Å². The normalized spacial score (nSPS) is 28.8. The lowest BCUT2D eigenvalue weighted by molar-refractivity contribution is -0.125. The van der Waals surface area contributed by atoms with Gasteiger partial charge in [-0.05, 0) is 54.4 Å². The Kier molecular flexibility index (Phi) is 3.84. The number of aryl methyl sites for hydroxylation is 1. The maximum atomic E-state index is 12.4. The van der Waals surface area contributed by atoms with Crippen molar-refractivity contribution < 1.29 is 14.7 Å². The van der Waals surface area contributed by atoms with Gasteiger partial charge in [-0.15, -0.1) is 0 Å². The first-order valence-electron chi connectivity index (χ1n) is 8.52. The number of pyridine rings is 1. The van der Waals surface area contributed by atoms with Crippen molar-refractivity contribution in [1.82, 2.24) is 9.88 Å². The molecule has 4 rings (SSSR count). The van der Waals surface area contributed by atoms with Crippen LogP contribution >= 0.6 is 0 Å². The number of nitrogens with zero attached hydrogens (tertiary/aromatic N) is 2. The second-order valence-electron chi connectivity index (χ2n) is 7.05. The summed E-state index contributed by atoms with van der Waals surface area (Å²) in [6, 6.07) is 1.97. The van der Waals surface area contributed by atoms with Crippen LogP contribution in [0.3, 0.4) is 0 Å². The summed E-state index contributed by atoms with van der Waals surface area (Å²) in [7, 11) is 0. The van der Waals surface area contributed by atoms with Crippen LogP contribution in [0.15, 0.2) is 18.3 Å². The highest BCUT2D eigenvalue weighted by Gasteiger charge is 2.41. The SMILES string of the molecule is O=C1CCc2cc(/C=C/C(=O)N3C[C@H]4CC(O)C[C@H]4C3)cnc2N1. The van der Waals surface area contributed by atoms with E-state index >= 15 is 0 Å². The molecule has 2 N–H and O–H groups in total. The van der Waals surface area contributed by atoms with E-state index < -0.39 is 0 Å². The zero-order valence-electron chi connectivity index (χ0n) is 13.4. The molecule has 2 aliphatic heterocycles. The third-order valence-corrected chi connectivity index (χ3v) is 5.32. The van der Waals surface area contributed by atoms with Crippen molar-refractivity contribution in [3.05, 3.63) is 29.5 Å². The van der Waals surface area contributed by atoms with Crippen molar-refractivity contribution >= 4 is 23.7 Å². The number of hydrogen-bond donors (Lipinski definition) is 2. The van der Waals surface area contributed by atoms with E-state index in [0.717, 1.165) is 37.1 Å². The summed E-state index contributed by atoms with van der Waals surface area (Å²) in [5.74, 6) is 1.54. The standard InChI is InChI=1S/C18H21N3O3/c22-15-6-13-9-21(10-14(13)7-15)17(24)4-1-11-5-12-2-3-16(23)20-18(12)19-8-11/h1,4-5,8,13-15,22H,2-3,6-7,9-10H2,(H,19,20,23)/b4-1+/t13-,14+,15?. The fourth-order valence-electron chi connectivity index (χ4n) is 4.09. The topological polar surface area (TPSA) is 82.5 Å². The van der Waals surface area contributed by atoms with Crippen LogP contribution in [0, 0.1) is 11.8 Å². The van der Waals surface area contributed by atoms with Crippen molar-refractivity contribution in [3.8, 4) is 0 Å². The Hall–Kier alpha value is -2.21. The number of anilines is 1. The Morgan fingerprint density at radius 3 is 2.79 bits per heavy atom. The van der Waals surface area contributed by atoms with Crippen LogP contribution in [0.4, 0.5) is 5.82 Å². The number of amides is 2. The maximum Gasteiger partial charge on any atom is 0.246 e. The van der Waals surface area contributed by atoms with E-state index in [4.69, 9.17) is 0 Å². The molecule has 6 heteroatoms. The summed E-state index contributed by atoms with van der Waals surface area (Å²) >= 11 is 0. The molecule has 1 saturated heterocycles. The highest BCUT2D eigenvalue weighted by molar-refractivity contribution is 5.94. The Balaban J connectivity index is 1.40. The van der Waals surface area contributed by atoms with Crippen LogP contribution in [-0.4, -0.2) is 46.0 Å². The summed E-state index contributed by atoms with van der Waals surface area (Å²) < 4.78 is 0. The molecule has 3 heterocycles. The molecule has 1 aromatic rings. The van der Waals surface area contributed by atoms with Gasteiger partial charge in [-0.2, -0.15) is 0 Å². The first-order chi connectivity index (χ1) is 11.6. The zero-order valence-corrected chi connectivity index (χ0v) is 13.4.